The Labute approximate surface area is 117 Å². The summed E-state index contributed by atoms with van der Waals surface area (Å²) in [6, 6.07) is 3.81. The van der Waals surface area contributed by atoms with Crippen molar-refractivity contribution in [1.82, 2.24) is 10.0 Å². The number of rotatable bonds is 5. The molecule has 0 aliphatic rings. The van der Waals surface area contributed by atoms with Crippen molar-refractivity contribution in [3.63, 3.8) is 0 Å². The number of sulfonamides is 1. The molecular weight excluding hydrogens is 302 g/mol. The lowest BCUT2D eigenvalue weighted by molar-refractivity contribution is 0.540. The molecule has 1 atom stereocenters. The van der Waals surface area contributed by atoms with Crippen LogP contribution >= 0.6 is 24.0 Å². The van der Waals surface area contributed by atoms with Crippen LogP contribution in [0.4, 0.5) is 4.39 Å². The fraction of sp³-hybridized carbons (Fsp3) is 0.400. The molecule has 1 aromatic rings. The summed E-state index contributed by atoms with van der Waals surface area (Å²) in [6.45, 7) is 1.97. The zero-order valence-corrected chi connectivity index (χ0v) is 12.3. The number of hydrogen-bond acceptors (Lipinski definition) is 3. The van der Waals surface area contributed by atoms with Gasteiger partial charge >= 0.3 is 0 Å². The minimum absolute atomic E-state index is 0. The lowest BCUT2D eigenvalue weighted by Crippen LogP contribution is -2.37. The van der Waals surface area contributed by atoms with Gasteiger partial charge in [-0.3, -0.25) is 0 Å². The van der Waals surface area contributed by atoms with Gasteiger partial charge < -0.3 is 5.32 Å². The first-order chi connectivity index (χ1) is 7.88. The number of hydrogen-bond donors (Lipinski definition) is 2. The minimum Gasteiger partial charge on any atom is -0.316 e. The van der Waals surface area contributed by atoms with Gasteiger partial charge in [-0.1, -0.05) is 17.7 Å². The maximum absolute atomic E-state index is 13.5. The summed E-state index contributed by atoms with van der Waals surface area (Å²) in [5.41, 5.74) is 0. The van der Waals surface area contributed by atoms with E-state index in [-0.39, 0.29) is 30.0 Å². The molecule has 8 heteroatoms. The molecule has 1 unspecified atom stereocenters. The Morgan fingerprint density at radius 3 is 2.61 bits per heavy atom. The van der Waals surface area contributed by atoms with E-state index in [9.17, 15) is 12.8 Å². The van der Waals surface area contributed by atoms with Gasteiger partial charge in [0.2, 0.25) is 10.0 Å². The third-order valence-electron chi connectivity index (χ3n) is 2.28. The van der Waals surface area contributed by atoms with E-state index in [1.165, 1.54) is 18.2 Å². The van der Waals surface area contributed by atoms with Crippen LogP contribution in [-0.4, -0.2) is 28.1 Å². The minimum atomic E-state index is -3.87. The van der Waals surface area contributed by atoms with Crippen molar-refractivity contribution in [2.45, 2.75) is 17.9 Å². The van der Waals surface area contributed by atoms with Crippen molar-refractivity contribution in [1.29, 1.82) is 0 Å². The molecule has 0 saturated carbocycles. The number of nitrogens with one attached hydrogen (secondary N) is 2. The standard InChI is InChI=1S/C10H14ClFN2O2S.ClH/c1-7(13-2)6-14-17(15,16)9-5-3-4-8(11)10(9)12;/h3-5,7,13-14H,6H2,1-2H3;1H. The highest BCUT2D eigenvalue weighted by Crippen LogP contribution is 2.21. The van der Waals surface area contributed by atoms with Crippen molar-refractivity contribution in [2.24, 2.45) is 0 Å². The third kappa shape index (κ3) is 4.37. The van der Waals surface area contributed by atoms with Gasteiger partial charge in [0, 0.05) is 12.6 Å². The van der Waals surface area contributed by atoms with Gasteiger partial charge in [0.1, 0.15) is 4.90 Å². The van der Waals surface area contributed by atoms with Crippen LogP contribution in [0, 0.1) is 5.82 Å². The molecule has 4 nitrogen and oxygen atoms in total. The average Bonchev–Trinajstić information content (AvgIpc) is 2.29. The highest BCUT2D eigenvalue weighted by molar-refractivity contribution is 7.89. The highest BCUT2D eigenvalue weighted by atomic mass is 35.5. The van der Waals surface area contributed by atoms with E-state index in [1.54, 1.807) is 14.0 Å². The van der Waals surface area contributed by atoms with Gasteiger partial charge in [-0.05, 0) is 26.1 Å². The molecule has 1 aromatic carbocycles. The molecule has 0 heterocycles. The molecule has 18 heavy (non-hydrogen) atoms. The van der Waals surface area contributed by atoms with E-state index in [0.29, 0.717) is 0 Å². The summed E-state index contributed by atoms with van der Waals surface area (Å²) >= 11 is 5.53. The molecule has 0 radical (unpaired) electrons. The van der Waals surface area contributed by atoms with Crippen LogP contribution in [0.5, 0.6) is 0 Å². The molecule has 0 saturated heterocycles. The van der Waals surface area contributed by atoms with E-state index in [0.717, 1.165) is 0 Å². The van der Waals surface area contributed by atoms with E-state index in [2.05, 4.69) is 10.0 Å². The fourth-order valence-electron chi connectivity index (χ4n) is 1.11. The average molecular weight is 317 g/mol. The molecule has 0 bridgehead atoms. The maximum Gasteiger partial charge on any atom is 0.243 e. The Hall–Kier alpha value is -0.400. The summed E-state index contributed by atoms with van der Waals surface area (Å²) in [4.78, 5) is -0.437. The van der Waals surface area contributed by atoms with Crippen LogP contribution in [0.1, 0.15) is 6.92 Å². The highest BCUT2D eigenvalue weighted by Gasteiger charge is 2.20. The van der Waals surface area contributed by atoms with Crippen molar-refractivity contribution >= 4 is 34.0 Å². The van der Waals surface area contributed by atoms with Crippen LogP contribution in [0.2, 0.25) is 5.02 Å². The van der Waals surface area contributed by atoms with Crippen LogP contribution in [0.25, 0.3) is 0 Å². The van der Waals surface area contributed by atoms with E-state index in [1.807, 2.05) is 0 Å². The van der Waals surface area contributed by atoms with Crippen LogP contribution in [0.15, 0.2) is 23.1 Å². The molecule has 0 fully saturated rings. The maximum atomic E-state index is 13.5. The molecule has 0 aliphatic carbocycles. The first kappa shape index (κ1) is 17.6. The summed E-state index contributed by atoms with van der Waals surface area (Å²) in [5.74, 6) is -0.932. The SMILES string of the molecule is CNC(C)CNS(=O)(=O)c1cccc(Cl)c1F.Cl. The smallest absolute Gasteiger partial charge is 0.243 e. The molecule has 104 valence electrons. The molecule has 1 rings (SSSR count). The predicted molar refractivity (Wildman–Crippen MR) is 72.4 cm³/mol. The van der Waals surface area contributed by atoms with Gasteiger partial charge in [0.25, 0.3) is 0 Å². The van der Waals surface area contributed by atoms with E-state index < -0.39 is 20.7 Å². The first-order valence-corrected chi connectivity index (χ1v) is 6.85. The molecule has 0 aromatic heterocycles. The molecule has 2 N–H and O–H groups in total. The van der Waals surface area contributed by atoms with Crippen molar-refractivity contribution in [2.75, 3.05) is 13.6 Å². The molecule has 0 spiro atoms. The largest absolute Gasteiger partial charge is 0.316 e. The first-order valence-electron chi connectivity index (χ1n) is 4.99. The quantitative estimate of drug-likeness (QED) is 0.870. The number of halogens is 3. The van der Waals surface area contributed by atoms with Crippen LogP contribution in [0.3, 0.4) is 0 Å². The van der Waals surface area contributed by atoms with Crippen molar-refractivity contribution < 1.29 is 12.8 Å². The number of benzene rings is 1. The Balaban J connectivity index is 0.00000289. The summed E-state index contributed by atoms with van der Waals surface area (Å²) in [5, 5.41) is 2.65. The van der Waals surface area contributed by atoms with Crippen molar-refractivity contribution in [3.8, 4) is 0 Å². The Morgan fingerprint density at radius 2 is 2.06 bits per heavy atom. The third-order valence-corrected chi connectivity index (χ3v) is 4.01. The van der Waals surface area contributed by atoms with E-state index >= 15 is 0 Å². The normalized spacial score (nSPS) is 12.9. The summed E-state index contributed by atoms with van der Waals surface area (Å²) in [7, 11) is -2.16. The predicted octanol–water partition coefficient (Wildman–Crippen LogP) is 1.79. The van der Waals surface area contributed by atoms with Crippen LogP contribution in [-0.2, 0) is 10.0 Å². The van der Waals surface area contributed by atoms with Gasteiger partial charge in [-0.25, -0.2) is 17.5 Å². The Morgan fingerprint density at radius 1 is 1.44 bits per heavy atom. The topological polar surface area (TPSA) is 58.2 Å². The monoisotopic (exact) mass is 316 g/mol. The van der Waals surface area contributed by atoms with Gasteiger partial charge in [0.05, 0.1) is 5.02 Å². The Bertz CT molecular complexity index is 497. The second-order valence-corrected chi connectivity index (χ2v) is 5.74. The number of likely N-dealkylation sites (N-methyl/N-ethyl adjacent to an activating group) is 1. The fourth-order valence-corrected chi connectivity index (χ4v) is 2.57. The van der Waals surface area contributed by atoms with E-state index in [4.69, 9.17) is 11.6 Å². The Kier molecular flexibility index (Phi) is 7.09. The molecule has 0 amide bonds. The van der Waals surface area contributed by atoms with Crippen LogP contribution < -0.4 is 10.0 Å². The summed E-state index contributed by atoms with van der Waals surface area (Å²) < 4.78 is 39.4. The second kappa shape index (κ2) is 7.25. The lowest BCUT2D eigenvalue weighted by atomic mass is 10.3. The van der Waals surface area contributed by atoms with Gasteiger partial charge in [-0.15, -0.1) is 12.4 Å². The zero-order chi connectivity index (χ0) is 13.1. The van der Waals surface area contributed by atoms with Crippen molar-refractivity contribution in [3.05, 3.63) is 29.0 Å². The lowest BCUT2D eigenvalue weighted by Gasteiger charge is -2.12. The van der Waals surface area contributed by atoms with Gasteiger partial charge in [0.15, 0.2) is 5.82 Å². The second-order valence-electron chi connectivity index (χ2n) is 3.59. The summed E-state index contributed by atoms with van der Waals surface area (Å²) in [6.07, 6.45) is 0. The molecular formula is C10H15Cl2FN2O2S. The van der Waals surface area contributed by atoms with Gasteiger partial charge in [-0.2, -0.15) is 0 Å². The zero-order valence-electron chi connectivity index (χ0n) is 9.91. The molecule has 0 aliphatic heterocycles.